The molecule has 1 saturated carbocycles. The van der Waals surface area contributed by atoms with Crippen molar-refractivity contribution in [3.63, 3.8) is 0 Å². The lowest BCUT2D eigenvalue weighted by atomic mass is 9.71. The van der Waals surface area contributed by atoms with Gasteiger partial charge in [-0.15, -0.1) is 11.3 Å². The number of halogens is 1. The number of carbonyl (C=O) groups is 3. The summed E-state index contributed by atoms with van der Waals surface area (Å²) in [4.78, 5) is 52.9. The van der Waals surface area contributed by atoms with E-state index in [4.69, 9.17) is 20.5 Å². The van der Waals surface area contributed by atoms with Crippen LogP contribution in [0.15, 0.2) is 72.1 Å². The maximum Gasteiger partial charge on any atom is 0.415 e. The number of amides is 3. The average Bonchev–Trinajstić information content (AvgIpc) is 3.91. The first-order valence-corrected chi connectivity index (χ1v) is 20.4. The molecule has 6 rings (SSSR count). The molecule has 10 nitrogen and oxygen atoms in total. The second-order valence-electron chi connectivity index (χ2n) is 15.2. The van der Waals surface area contributed by atoms with Crippen molar-refractivity contribution < 1.29 is 23.2 Å². The number of carbonyl (C=O) groups excluding carboxylic acids is 3. The van der Waals surface area contributed by atoms with E-state index in [2.05, 4.69) is 45.4 Å². The summed E-state index contributed by atoms with van der Waals surface area (Å²) in [5, 5.41) is 5.25. The number of benzene rings is 2. The Morgan fingerprint density at radius 2 is 1.78 bits per heavy atom. The molecule has 1 N–H and O–H groups in total. The van der Waals surface area contributed by atoms with Gasteiger partial charge >= 0.3 is 6.09 Å². The predicted molar refractivity (Wildman–Crippen MR) is 216 cm³/mol. The van der Waals surface area contributed by atoms with Crippen LogP contribution in [0.5, 0.6) is 5.75 Å². The molecule has 2 aromatic carbocycles. The smallest absolute Gasteiger partial charge is 0.409 e. The van der Waals surface area contributed by atoms with Gasteiger partial charge in [0.2, 0.25) is 11.8 Å². The van der Waals surface area contributed by atoms with Crippen LogP contribution >= 0.6 is 22.9 Å². The summed E-state index contributed by atoms with van der Waals surface area (Å²) in [6.45, 7) is 4.22. The molecule has 0 bridgehead atoms. The summed E-state index contributed by atoms with van der Waals surface area (Å²) in [6, 6.07) is 19.6. The number of para-hydroxylation sites is 1. The molecule has 12 heteroatoms. The summed E-state index contributed by atoms with van der Waals surface area (Å²) in [5.74, 6) is -0.339. The van der Waals surface area contributed by atoms with Gasteiger partial charge in [0.25, 0.3) is 0 Å². The number of likely N-dealkylation sites (N-methyl/N-ethyl adjacent to an activating group) is 1. The van der Waals surface area contributed by atoms with E-state index < -0.39 is 18.2 Å². The molecule has 1 spiro atoms. The lowest BCUT2D eigenvalue weighted by Crippen LogP contribution is -2.64. The molecule has 2 atom stereocenters. The number of rotatable bonds is 14. The number of unbranched alkanes of at least 4 members (excludes halogenated alkanes) is 1. The summed E-state index contributed by atoms with van der Waals surface area (Å²) < 4.78 is 30.0. The Hall–Kier alpha value is -3.48. The van der Waals surface area contributed by atoms with Crippen molar-refractivity contribution in [2.75, 3.05) is 60.3 Å². The minimum Gasteiger partial charge on any atom is -0.409 e. The average molecular weight is 780 g/mol. The highest BCUT2D eigenvalue weighted by Crippen LogP contribution is 2.45. The molecule has 3 aliphatic rings. The van der Waals surface area contributed by atoms with Crippen LogP contribution in [0.1, 0.15) is 65.9 Å². The largest absolute Gasteiger partial charge is 0.415 e. The van der Waals surface area contributed by atoms with Gasteiger partial charge in [-0.05, 0) is 114 Å². The van der Waals surface area contributed by atoms with E-state index >= 15 is 4.79 Å². The van der Waals surface area contributed by atoms with Crippen LogP contribution in [-0.4, -0.2) is 121 Å². The van der Waals surface area contributed by atoms with Crippen LogP contribution in [0, 0.1) is 5.41 Å². The van der Waals surface area contributed by atoms with Crippen LogP contribution in [0.2, 0.25) is 5.02 Å². The summed E-state index contributed by atoms with van der Waals surface area (Å²) in [7, 11) is 0.0463. The van der Waals surface area contributed by atoms with Crippen molar-refractivity contribution in [1.29, 1.82) is 0 Å². The molecular formula is C42H57ClN6O4S. The topological polar surface area (TPSA) is 88.7 Å². The van der Waals surface area contributed by atoms with Crippen LogP contribution in [0.25, 0.3) is 0 Å². The molecule has 3 fully saturated rings. The van der Waals surface area contributed by atoms with E-state index in [0.717, 1.165) is 56.6 Å². The number of thiophene rings is 1. The predicted octanol–water partition coefficient (Wildman–Crippen LogP) is 6.60. The highest BCUT2D eigenvalue weighted by molar-refractivity contribution is 7.09. The Bertz CT molecular complexity index is 1730. The molecule has 3 amide bonds. The van der Waals surface area contributed by atoms with Crippen molar-refractivity contribution in [3.05, 3.63) is 87.6 Å². The monoisotopic (exact) mass is 779 g/mol. The highest BCUT2D eigenvalue weighted by atomic mass is 35.5. The lowest BCUT2D eigenvalue weighted by Gasteiger charge is -2.46. The van der Waals surface area contributed by atoms with Gasteiger partial charge in [-0.1, -0.05) is 66.6 Å². The van der Waals surface area contributed by atoms with Gasteiger partial charge in [-0.25, -0.2) is 4.79 Å². The molecule has 0 radical (unpaired) electrons. The Kier molecular flexibility index (Phi) is 12.7. The van der Waals surface area contributed by atoms with Gasteiger partial charge in [-0.3, -0.25) is 19.4 Å². The van der Waals surface area contributed by atoms with Crippen molar-refractivity contribution in [2.24, 2.45) is 5.41 Å². The van der Waals surface area contributed by atoms with Crippen molar-refractivity contribution >= 4 is 40.8 Å². The van der Waals surface area contributed by atoms with Crippen LogP contribution in [-0.2, 0) is 22.7 Å². The van der Waals surface area contributed by atoms with E-state index in [1.807, 2.05) is 17.5 Å². The first kappa shape index (κ1) is 36.2. The number of piperazine rings is 1. The van der Waals surface area contributed by atoms with Crippen molar-refractivity contribution in [3.8, 4) is 5.75 Å². The minimum absolute atomic E-state index is 0.0425. The number of hydrogen-bond donors (Lipinski definition) is 1. The van der Waals surface area contributed by atoms with Crippen molar-refractivity contribution in [1.82, 2.24) is 29.8 Å². The van der Waals surface area contributed by atoms with E-state index in [1.54, 1.807) is 34.1 Å². The van der Waals surface area contributed by atoms with Gasteiger partial charge in [-0.2, -0.15) is 0 Å². The Morgan fingerprint density at radius 1 is 0.981 bits per heavy atom. The molecule has 0 unspecified atom stereocenters. The van der Waals surface area contributed by atoms with Gasteiger partial charge < -0.3 is 24.8 Å². The van der Waals surface area contributed by atoms with Crippen LogP contribution in [0.4, 0.5) is 4.79 Å². The normalized spacial score (nSPS) is 23.3. The second-order valence-corrected chi connectivity index (χ2v) is 16.6. The van der Waals surface area contributed by atoms with Gasteiger partial charge in [0.1, 0.15) is 6.04 Å². The first-order valence-electron chi connectivity index (χ1n) is 21.3. The van der Waals surface area contributed by atoms with Gasteiger partial charge in [0, 0.05) is 41.2 Å². The van der Waals surface area contributed by atoms with E-state index in [1.165, 1.54) is 21.8 Å². The number of nitrogens with zero attached hydrogens (tertiary/aromatic N) is 5. The Labute approximate surface area is 334 Å². The Morgan fingerprint density at radius 3 is 2.52 bits per heavy atom. The number of likely N-dealkylation sites (tertiary alicyclic amines) is 1. The van der Waals surface area contributed by atoms with E-state index in [0.29, 0.717) is 37.4 Å². The highest BCUT2D eigenvalue weighted by Gasteiger charge is 2.45. The lowest BCUT2D eigenvalue weighted by molar-refractivity contribution is -0.148. The molecule has 54 heavy (non-hydrogen) atoms. The fourth-order valence-corrected chi connectivity index (χ4v) is 9.16. The zero-order chi connectivity index (χ0) is 40.2. The second kappa shape index (κ2) is 18.9. The zero-order valence-electron chi connectivity index (χ0n) is 34.3. The molecule has 1 aliphatic carbocycles. The van der Waals surface area contributed by atoms with E-state index in [-0.39, 0.29) is 69.7 Å². The summed E-state index contributed by atoms with van der Waals surface area (Å²) in [5.41, 5.74) is 1.57. The molecule has 292 valence electrons. The van der Waals surface area contributed by atoms with E-state index in [9.17, 15) is 9.59 Å². The van der Waals surface area contributed by atoms with Crippen LogP contribution in [0.3, 0.4) is 0 Å². The van der Waals surface area contributed by atoms with Gasteiger partial charge in [0.05, 0.1) is 24.2 Å². The standard InChI is InChI=1S/C42H57ClN6O4S/c1-45(2)23-10-9-16-36(46(3)33-18-20-42(21-19-33)22-24-47(31-42)29-32-12-5-4-6-13-32)40(51)49-26-25-48(41(52)53-38-17-8-7-15-35(38)43)30-37(49)39(50)44-28-34-14-11-27-54-34/h4-8,11-15,17,27,33,36-37H,9-10,16,18-26,28-31H2,1-3H3,(H,44,50)/t33?,36-,37-,42?/m0/s1/i1D,2D,3D. The molecule has 2 aliphatic heterocycles. The third kappa shape index (κ3) is 10.4. The molecule has 3 heterocycles. The quantitative estimate of drug-likeness (QED) is 0.185. The SMILES string of the molecule is [2H]CN(C[2H])CCCC[C@@H](C(=O)N1CCN(C(=O)Oc2ccccc2Cl)C[C@H]1C(=O)NCc1cccs1)N(C[2H])C1CCC2(CC1)CCN(Cc1ccccc1)C2. The third-order valence-electron chi connectivity index (χ3n) is 11.4. The molecule has 3 aromatic rings. The molecular weight excluding hydrogens is 720 g/mol. The third-order valence-corrected chi connectivity index (χ3v) is 12.6. The van der Waals surface area contributed by atoms with Crippen LogP contribution < -0.4 is 10.1 Å². The number of hydrogen-bond acceptors (Lipinski definition) is 8. The maximum atomic E-state index is 15.0. The van der Waals surface area contributed by atoms with Gasteiger partial charge in [0.15, 0.2) is 5.75 Å². The Balaban J connectivity index is 1.18. The summed E-state index contributed by atoms with van der Waals surface area (Å²) in [6.07, 6.45) is 6.29. The zero-order valence-corrected chi connectivity index (χ0v) is 32.8. The van der Waals surface area contributed by atoms with Crippen molar-refractivity contribution in [2.45, 2.75) is 82.6 Å². The maximum absolute atomic E-state index is 15.0. The molecule has 1 aromatic heterocycles. The number of nitrogens with one attached hydrogen (secondary N) is 1. The summed E-state index contributed by atoms with van der Waals surface area (Å²) >= 11 is 7.81. The number of ether oxygens (including phenoxy) is 1. The fraction of sp³-hybridized carbons (Fsp3) is 0.548. The fourth-order valence-electron chi connectivity index (χ4n) is 8.34. The first-order chi connectivity index (χ1) is 27.7. The minimum atomic E-state index is -0.967. The molecule has 2 saturated heterocycles.